The molecule has 23 heavy (non-hydrogen) atoms. The van der Waals surface area contributed by atoms with Crippen molar-refractivity contribution in [1.29, 1.82) is 0 Å². The second kappa shape index (κ2) is 6.91. The quantitative estimate of drug-likeness (QED) is 0.919. The standard InChI is InChI=1S/C17H19FN2O2S/c1-10-5-8-16(23-10)11(2)20(4)17(22)14-9-13(19-12(3)21)6-7-15(14)18/h5-9,11H,1-4H3,(H,19,21)/t11-/m1/s1. The molecular weight excluding hydrogens is 315 g/mol. The van der Waals surface area contributed by atoms with E-state index in [1.54, 1.807) is 18.4 Å². The monoisotopic (exact) mass is 334 g/mol. The van der Waals surface area contributed by atoms with Gasteiger partial charge in [-0.3, -0.25) is 9.59 Å². The van der Waals surface area contributed by atoms with Crippen molar-refractivity contribution in [2.75, 3.05) is 12.4 Å². The molecule has 1 heterocycles. The maximum Gasteiger partial charge on any atom is 0.257 e. The van der Waals surface area contributed by atoms with Crippen LogP contribution < -0.4 is 5.32 Å². The van der Waals surface area contributed by atoms with E-state index in [0.717, 1.165) is 9.75 Å². The second-order valence-corrected chi connectivity index (χ2v) is 6.74. The smallest absolute Gasteiger partial charge is 0.257 e. The van der Waals surface area contributed by atoms with E-state index in [1.165, 1.54) is 30.0 Å². The molecule has 0 bridgehead atoms. The number of thiophene rings is 1. The average molecular weight is 334 g/mol. The molecule has 0 saturated carbocycles. The minimum atomic E-state index is -0.606. The van der Waals surface area contributed by atoms with Gasteiger partial charge in [0, 0.05) is 29.4 Å². The van der Waals surface area contributed by atoms with E-state index in [2.05, 4.69) is 5.32 Å². The fourth-order valence-corrected chi connectivity index (χ4v) is 3.18. The molecule has 4 nitrogen and oxygen atoms in total. The third kappa shape index (κ3) is 3.96. The average Bonchev–Trinajstić information content (AvgIpc) is 2.93. The van der Waals surface area contributed by atoms with Crippen LogP contribution >= 0.6 is 11.3 Å². The van der Waals surface area contributed by atoms with E-state index in [0.29, 0.717) is 5.69 Å². The summed E-state index contributed by atoms with van der Waals surface area (Å²) in [7, 11) is 1.65. The first-order valence-electron chi connectivity index (χ1n) is 7.20. The van der Waals surface area contributed by atoms with Crippen molar-refractivity contribution in [2.24, 2.45) is 0 Å². The first-order valence-corrected chi connectivity index (χ1v) is 8.02. The van der Waals surface area contributed by atoms with Gasteiger partial charge in [-0.25, -0.2) is 4.39 Å². The molecule has 0 aliphatic carbocycles. The van der Waals surface area contributed by atoms with Gasteiger partial charge in [-0.1, -0.05) is 0 Å². The molecule has 1 N–H and O–H groups in total. The summed E-state index contributed by atoms with van der Waals surface area (Å²) in [5, 5.41) is 2.56. The van der Waals surface area contributed by atoms with Crippen LogP contribution in [0, 0.1) is 12.7 Å². The maximum atomic E-state index is 14.0. The number of anilines is 1. The fraction of sp³-hybridized carbons (Fsp3) is 0.294. The predicted molar refractivity (Wildman–Crippen MR) is 90.3 cm³/mol. The van der Waals surface area contributed by atoms with Gasteiger partial charge in [0.15, 0.2) is 0 Å². The molecule has 1 aromatic heterocycles. The number of aryl methyl sites for hydroxylation is 1. The third-order valence-electron chi connectivity index (χ3n) is 3.59. The molecule has 2 rings (SSSR count). The highest BCUT2D eigenvalue weighted by Crippen LogP contribution is 2.28. The molecule has 0 unspecified atom stereocenters. The van der Waals surface area contributed by atoms with E-state index in [9.17, 15) is 14.0 Å². The number of rotatable bonds is 4. The summed E-state index contributed by atoms with van der Waals surface area (Å²) in [4.78, 5) is 27.4. The Balaban J connectivity index is 2.26. The first kappa shape index (κ1) is 17.1. The molecule has 1 atom stereocenters. The molecule has 0 aliphatic heterocycles. The molecule has 1 aromatic carbocycles. The number of halogens is 1. The summed E-state index contributed by atoms with van der Waals surface area (Å²) in [6.07, 6.45) is 0. The van der Waals surface area contributed by atoms with E-state index in [4.69, 9.17) is 0 Å². The largest absolute Gasteiger partial charge is 0.334 e. The van der Waals surface area contributed by atoms with Gasteiger partial charge in [-0.2, -0.15) is 0 Å². The lowest BCUT2D eigenvalue weighted by Crippen LogP contribution is -2.30. The minimum Gasteiger partial charge on any atom is -0.334 e. The molecular formula is C17H19FN2O2S. The lowest BCUT2D eigenvalue weighted by Gasteiger charge is -2.24. The third-order valence-corrected chi connectivity index (χ3v) is 4.76. The molecule has 0 radical (unpaired) electrons. The zero-order valence-electron chi connectivity index (χ0n) is 13.5. The Morgan fingerprint density at radius 3 is 2.52 bits per heavy atom. The fourth-order valence-electron chi connectivity index (χ4n) is 2.20. The van der Waals surface area contributed by atoms with Crippen LogP contribution in [0.25, 0.3) is 0 Å². The predicted octanol–water partition coefficient (Wildman–Crippen LogP) is 3.99. The van der Waals surface area contributed by atoms with Crippen LogP contribution in [-0.2, 0) is 4.79 Å². The van der Waals surface area contributed by atoms with Crippen molar-refractivity contribution < 1.29 is 14.0 Å². The summed E-state index contributed by atoms with van der Waals surface area (Å²) in [6, 6.07) is 7.78. The number of nitrogens with one attached hydrogen (secondary N) is 1. The van der Waals surface area contributed by atoms with Crippen molar-refractivity contribution in [3.8, 4) is 0 Å². The lowest BCUT2D eigenvalue weighted by atomic mass is 10.1. The number of hydrogen-bond donors (Lipinski definition) is 1. The van der Waals surface area contributed by atoms with E-state index in [-0.39, 0.29) is 17.5 Å². The number of hydrogen-bond acceptors (Lipinski definition) is 3. The van der Waals surface area contributed by atoms with Gasteiger partial charge in [-0.15, -0.1) is 11.3 Å². The maximum absolute atomic E-state index is 14.0. The number of amides is 2. The Hall–Kier alpha value is -2.21. The van der Waals surface area contributed by atoms with Crippen molar-refractivity contribution in [2.45, 2.75) is 26.8 Å². The zero-order chi connectivity index (χ0) is 17.1. The van der Waals surface area contributed by atoms with Gasteiger partial charge in [0.1, 0.15) is 5.82 Å². The van der Waals surface area contributed by atoms with Gasteiger partial charge in [-0.05, 0) is 44.2 Å². The van der Waals surface area contributed by atoms with Crippen molar-refractivity contribution in [1.82, 2.24) is 4.90 Å². The van der Waals surface area contributed by atoms with E-state index in [1.807, 2.05) is 26.0 Å². The van der Waals surface area contributed by atoms with E-state index < -0.39 is 11.7 Å². The molecule has 6 heteroatoms. The van der Waals surface area contributed by atoms with Gasteiger partial charge in [0.05, 0.1) is 11.6 Å². The topological polar surface area (TPSA) is 49.4 Å². The van der Waals surface area contributed by atoms with Crippen LogP contribution in [0.15, 0.2) is 30.3 Å². The second-order valence-electron chi connectivity index (χ2n) is 5.42. The van der Waals surface area contributed by atoms with Gasteiger partial charge in [0.2, 0.25) is 5.91 Å². The summed E-state index contributed by atoms with van der Waals surface area (Å²) >= 11 is 1.61. The Bertz CT molecular complexity index is 742. The highest BCUT2D eigenvalue weighted by atomic mass is 32.1. The number of carbonyl (C=O) groups excluding carboxylic acids is 2. The SMILES string of the molecule is CC(=O)Nc1ccc(F)c(C(=O)N(C)[C@H](C)c2ccc(C)s2)c1. The molecule has 0 saturated heterocycles. The minimum absolute atomic E-state index is 0.0566. The van der Waals surface area contributed by atoms with Crippen molar-refractivity contribution in [3.63, 3.8) is 0 Å². The van der Waals surface area contributed by atoms with Crippen LogP contribution in [0.5, 0.6) is 0 Å². The Labute approximate surface area is 138 Å². The summed E-state index contributed by atoms with van der Waals surface area (Å²) in [5.41, 5.74) is 0.342. The van der Waals surface area contributed by atoms with Gasteiger partial charge < -0.3 is 10.2 Å². The summed E-state index contributed by atoms with van der Waals surface area (Å²) in [5.74, 6) is -1.30. The molecule has 0 fully saturated rings. The number of benzene rings is 1. The Morgan fingerprint density at radius 2 is 1.96 bits per heavy atom. The van der Waals surface area contributed by atoms with Crippen LogP contribution in [0.1, 0.15) is 40.0 Å². The molecule has 2 aromatic rings. The highest BCUT2D eigenvalue weighted by molar-refractivity contribution is 7.12. The molecule has 122 valence electrons. The number of nitrogens with zero attached hydrogens (tertiary/aromatic N) is 1. The van der Waals surface area contributed by atoms with Gasteiger partial charge >= 0.3 is 0 Å². The van der Waals surface area contributed by atoms with Crippen LogP contribution in [-0.4, -0.2) is 23.8 Å². The van der Waals surface area contributed by atoms with E-state index >= 15 is 0 Å². The normalized spacial score (nSPS) is 11.9. The highest BCUT2D eigenvalue weighted by Gasteiger charge is 2.23. The van der Waals surface area contributed by atoms with Crippen LogP contribution in [0.3, 0.4) is 0 Å². The van der Waals surface area contributed by atoms with Gasteiger partial charge in [0.25, 0.3) is 5.91 Å². The first-order chi connectivity index (χ1) is 10.8. The van der Waals surface area contributed by atoms with Crippen LogP contribution in [0.4, 0.5) is 10.1 Å². The Kier molecular flexibility index (Phi) is 5.15. The van der Waals surface area contributed by atoms with Crippen molar-refractivity contribution >= 4 is 28.8 Å². The van der Waals surface area contributed by atoms with Crippen molar-refractivity contribution in [3.05, 3.63) is 51.5 Å². The molecule has 2 amide bonds. The molecule has 0 aliphatic rings. The number of carbonyl (C=O) groups is 2. The molecule has 0 spiro atoms. The summed E-state index contributed by atoms with van der Waals surface area (Å²) in [6.45, 7) is 5.26. The van der Waals surface area contributed by atoms with Crippen LogP contribution in [0.2, 0.25) is 0 Å². The lowest BCUT2D eigenvalue weighted by molar-refractivity contribution is -0.114. The zero-order valence-corrected chi connectivity index (χ0v) is 14.3. The Morgan fingerprint density at radius 1 is 1.26 bits per heavy atom. The summed E-state index contributed by atoms with van der Waals surface area (Å²) < 4.78 is 14.0.